The highest BCUT2D eigenvalue weighted by atomic mass is 16.2. The first-order valence-corrected chi connectivity index (χ1v) is 9.13. The van der Waals surface area contributed by atoms with Crippen LogP contribution in [0.3, 0.4) is 0 Å². The van der Waals surface area contributed by atoms with Crippen LogP contribution in [-0.4, -0.2) is 27.0 Å². The predicted molar refractivity (Wildman–Crippen MR) is 111 cm³/mol. The third kappa shape index (κ3) is 4.14. The van der Waals surface area contributed by atoms with Crippen LogP contribution in [-0.2, 0) is 6.54 Å². The molecule has 3 N–H and O–H groups in total. The molecule has 2 amide bonds. The SMILES string of the molecule is Cc1ccc2[nH]nc(C(=O)NCc3cccc(NC(=O)c4ccncc4)c3)c2c1. The number of carbonyl (C=O) groups is 2. The van der Waals surface area contributed by atoms with E-state index in [-0.39, 0.29) is 11.8 Å². The van der Waals surface area contributed by atoms with Gasteiger partial charge in [-0.05, 0) is 48.9 Å². The Bertz CT molecular complexity index is 1180. The minimum absolute atomic E-state index is 0.216. The molecule has 0 unspecified atom stereocenters. The summed E-state index contributed by atoms with van der Waals surface area (Å²) in [5, 5.41) is 13.5. The first kappa shape index (κ1) is 18.4. The second kappa shape index (κ2) is 7.93. The summed E-state index contributed by atoms with van der Waals surface area (Å²) in [4.78, 5) is 28.8. The van der Waals surface area contributed by atoms with E-state index in [4.69, 9.17) is 0 Å². The fraction of sp³-hybridized carbons (Fsp3) is 0.0909. The van der Waals surface area contributed by atoms with Crippen molar-refractivity contribution in [1.29, 1.82) is 0 Å². The molecule has 7 nitrogen and oxygen atoms in total. The topological polar surface area (TPSA) is 99.8 Å². The minimum atomic E-state index is -0.256. The number of nitrogens with one attached hydrogen (secondary N) is 3. The molecule has 7 heteroatoms. The molecule has 4 aromatic rings. The van der Waals surface area contributed by atoms with Crippen molar-refractivity contribution in [2.24, 2.45) is 0 Å². The molecule has 144 valence electrons. The van der Waals surface area contributed by atoms with E-state index in [1.165, 1.54) is 0 Å². The Morgan fingerprint density at radius 2 is 1.83 bits per heavy atom. The second-order valence-corrected chi connectivity index (χ2v) is 6.69. The van der Waals surface area contributed by atoms with E-state index in [1.54, 1.807) is 30.6 Å². The Morgan fingerprint density at radius 3 is 2.66 bits per heavy atom. The molecule has 0 aliphatic carbocycles. The molecule has 0 saturated heterocycles. The summed E-state index contributed by atoms with van der Waals surface area (Å²) in [5.41, 5.74) is 4.29. The van der Waals surface area contributed by atoms with Crippen molar-refractivity contribution in [3.8, 4) is 0 Å². The number of amides is 2. The van der Waals surface area contributed by atoms with Gasteiger partial charge in [-0.1, -0.05) is 23.8 Å². The van der Waals surface area contributed by atoms with Gasteiger partial charge in [-0.25, -0.2) is 0 Å². The zero-order valence-electron chi connectivity index (χ0n) is 15.8. The summed E-state index contributed by atoms with van der Waals surface area (Å²) in [5.74, 6) is -0.472. The van der Waals surface area contributed by atoms with Gasteiger partial charge in [0, 0.05) is 35.6 Å². The van der Waals surface area contributed by atoms with Gasteiger partial charge in [0.25, 0.3) is 11.8 Å². The fourth-order valence-corrected chi connectivity index (χ4v) is 3.03. The van der Waals surface area contributed by atoms with Crippen LogP contribution in [0.2, 0.25) is 0 Å². The lowest BCUT2D eigenvalue weighted by Crippen LogP contribution is -2.23. The molecule has 0 atom stereocenters. The Balaban J connectivity index is 1.43. The molecule has 0 saturated carbocycles. The monoisotopic (exact) mass is 385 g/mol. The summed E-state index contributed by atoms with van der Waals surface area (Å²) in [7, 11) is 0. The van der Waals surface area contributed by atoms with Gasteiger partial charge in [0.15, 0.2) is 5.69 Å². The Hall–Kier alpha value is -4.00. The van der Waals surface area contributed by atoms with E-state index in [2.05, 4.69) is 25.8 Å². The van der Waals surface area contributed by atoms with Crippen LogP contribution in [0.4, 0.5) is 5.69 Å². The van der Waals surface area contributed by atoms with E-state index in [0.29, 0.717) is 23.5 Å². The number of H-pyrrole nitrogens is 1. The molecule has 0 fully saturated rings. The van der Waals surface area contributed by atoms with Crippen molar-refractivity contribution in [3.63, 3.8) is 0 Å². The van der Waals surface area contributed by atoms with Crippen LogP contribution in [0, 0.1) is 6.92 Å². The van der Waals surface area contributed by atoms with Crippen molar-refractivity contribution in [1.82, 2.24) is 20.5 Å². The molecule has 0 aliphatic rings. The Kier molecular flexibility index (Phi) is 5.03. The van der Waals surface area contributed by atoms with Crippen LogP contribution in [0.1, 0.15) is 32.0 Å². The molecule has 0 bridgehead atoms. The highest BCUT2D eigenvalue weighted by Crippen LogP contribution is 2.18. The van der Waals surface area contributed by atoms with Gasteiger partial charge in [0.2, 0.25) is 0 Å². The third-order valence-electron chi connectivity index (χ3n) is 4.51. The maximum atomic E-state index is 12.6. The van der Waals surface area contributed by atoms with Crippen molar-refractivity contribution in [2.75, 3.05) is 5.32 Å². The summed E-state index contributed by atoms with van der Waals surface area (Å²) in [6.45, 7) is 2.29. The number of anilines is 1. The first-order chi connectivity index (χ1) is 14.1. The molecule has 2 heterocycles. The van der Waals surface area contributed by atoms with Crippen molar-refractivity contribution >= 4 is 28.4 Å². The smallest absolute Gasteiger partial charge is 0.272 e. The number of rotatable bonds is 5. The largest absolute Gasteiger partial charge is 0.347 e. The number of fused-ring (bicyclic) bond motifs is 1. The van der Waals surface area contributed by atoms with Crippen molar-refractivity contribution in [3.05, 3.63) is 89.4 Å². The second-order valence-electron chi connectivity index (χ2n) is 6.69. The number of aromatic amines is 1. The zero-order valence-corrected chi connectivity index (χ0v) is 15.8. The number of hydrogen-bond acceptors (Lipinski definition) is 4. The number of nitrogens with zero attached hydrogens (tertiary/aromatic N) is 2. The van der Waals surface area contributed by atoms with Crippen molar-refractivity contribution in [2.45, 2.75) is 13.5 Å². The van der Waals surface area contributed by atoms with Gasteiger partial charge < -0.3 is 10.6 Å². The average molecular weight is 385 g/mol. The van der Waals surface area contributed by atoms with Gasteiger partial charge in [0.1, 0.15) is 0 Å². The fourth-order valence-electron chi connectivity index (χ4n) is 3.03. The molecule has 0 radical (unpaired) electrons. The lowest BCUT2D eigenvalue weighted by molar-refractivity contribution is 0.0946. The highest BCUT2D eigenvalue weighted by molar-refractivity contribution is 6.05. The van der Waals surface area contributed by atoms with E-state index >= 15 is 0 Å². The molecule has 0 spiro atoms. The maximum absolute atomic E-state index is 12.6. The van der Waals surface area contributed by atoms with Crippen LogP contribution in [0.15, 0.2) is 67.0 Å². The summed E-state index contributed by atoms with van der Waals surface area (Å²) >= 11 is 0. The summed E-state index contributed by atoms with van der Waals surface area (Å²) < 4.78 is 0. The Labute approximate surface area is 167 Å². The minimum Gasteiger partial charge on any atom is -0.347 e. The number of hydrogen-bond donors (Lipinski definition) is 3. The lowest BCUT2D eigenvalue weighted by atomic mass is 10.1. The van der Waals surface area contributed by atoms with Crippen LogP contribution < -0.4 is 10.6 Å². The maximum Gasteiger partial charge on any atom is 0.272 e. The number of carbonyl (C=O) groups excluding carboxylic acids is 2. The number of pyridine rings is 1. The first-order valence-electron chi connectivity index (χ1n) is 9.13. The molecule has 4 rings (SSSR count). The van der Waals surface area contributed by atoms with Crippen LogP contribution in [0.5, 0.6) is 0 Å². The third-order valence-corrected chi connectivity index (χ3v) is 4.51. The average Bonchev–Trinajstić information content (AvgIpc) is 3.16. The normalized spacial score (nSPS) is 10.7. The number of benzene rings is 2. The Morgan fingerprint density at radius 1 is 1.00 bits per heavy atom. The molecule has 29 heavy (non-hydrogen) atoms. The van der Waals surface area contributed by atoms with Gasteiger partial charge >= 0.3 is 0 Å². The van der Waals surface area contributed by atoms with Gasteiger partial charge in [-0.2, -0.15) is 5.10 Å². The summed E-state index contributed by atoms with van der Waals surface area (Å²) in [6, 6.07) is 16.4. The quantitative estimate of drug-likeness (QED) is 0.490. The number of aryl methyl sites for hydroxylation is 1. The van der Waals surface area contributed by atoms with Crippen LogP contribution in [0.25, 0.3) is 10.9 Å². The molecular formula is C22H19N5O2. The van der Waals surface area contributed by atoms with Gasteiger partial charge in [-0.3, -0.25) is 19.7 Å². The summed E-state index contributed by atoms with van der Waals surface area (Å²) in [6.07, 6.45) is 3.14. The molecule has 2 aromatic carbocycles. The molecule has 0 aliphatic heterocycles. The molecule has 2 aromatic heterocycles. The van der Waals surface area contributed by atoms with E-state index in [1.807, 2.05) is 43.3 Å². The lowest BCUT2D eigenvalue weighted by Gasteiger charge is -2.08. The zero-order chi connectivity index (χ0) is 20.2. The van der Waals surface area contributed by atoms with E-state index in [0.717, 1.165) is 22.0 Å². The predicted octanol–water partition coefficient (Wildman–Crippen LogP) is 3.45. The standard InChI is InChI=1S/C22H19N5O2/c1-14-5-6-19-18(11-14)20(27-26-19)22(29)24-13-15-3-2-4-17(12-15)25-21(28)16-7-9-23-10-8-16/h2-12H,13H2,1H3,(H,24,29)(H,25,28)(H,26,27). The van der Waals surface area contributed by atoms with E-state index in [9.17, 15) is 9.59 Å². The van der Waals surface area contributed by atoms with Gasteiger partial charge in [-0.15, -0.1) is 0 Å². The van der Waals surface area contributed by atoms with Crippen molar-refractivity contribution < 1.29 is 9.59 Å². The number of aromatic nitrogens is 3. The van der Waals surface area contributed by atoms with Gasteiger partial charge in [0.05, 0.1) is 5.52 Å². The highest BCUT2D eigenvalue weighted by Gasteiger charge is 2.14. The molecular weight excluding hydrogens is 366 g/mol. The van der Waals surface area contributed by atoms with E-state index < -0.39 is 0 Å². The van der Waals surface area contributed by atoms with Crippen LogP contribution >= 0.6 is 0 Å².